The predicted molar refractivity (Wildman–Crippen MR) is 64.9 cm³/mol. The highest BCUT2D eigenvalue weighted by molar-refractivity contribution is 5.95. The van der Waals surface area contributed by atoms with Gasteiger partial charge < -0.3 is 14.2 Å². The van der Waals surface area contributed by atoms with Crippen LogP contribution >= 0.6 is 0 Å². The highest BCUT2D eigenvalue weighted by Crippen LogP contribution is 2.26. The molecule has 1 atom stereocenters. The molecule has 5 heteroatoms. The van der Waals surface area contributed by atoms with E-state index in [4.69, 9.17) is 9.84 Å². The van der Waals surface area contributed by atoms with Crippen molar-refractivity contribution in [1.29, 1.82) is 0 Å². The molecule has 1 N–H and O–H groups in total. The minimum absolute atomic E-state index is 0.255. The number of carboxylic acids is 1. The molecule has 1 aliphatic rings. The SMILES string of the molecule is O=C(O)c1cccn2c(C3CCCOC3)ncc12. The number of nitrogens with zero attached hydrogens (tertiary/aromatic N) is 2. The fourth-order valence-corrected chi connectivity index (χ4v) is 2.47. The van der Waals surface area contributed by atoms with Crippen molar-refractivity contribution in [2.75, 3.05) is 13.2 Å². The van der Waals surface area contributed by atoms with Gasteiger partial charge in [0.05, 0.1) is 23.9 Å². The minimum Gasteiger partial charge on any atom is -0.478 e. The second-order valence-electron chi connectivity index (χ2n) is 4.51. The summed E-state index contributed by atoms with van der Waals surface area (Å²) in [6.07, 6.45) is 5.56. The van der Waals surface area contributed by atoms with E-state index >= 15 is 0 Å². The van der Waals surface area contributed by atoms with Crippen LogP contribution in [0.15, 0.2) is 24.5 Å². The van der Waals surface area contributed by atoms with E-state index < -0.39 is 5.97 Å². The zero-order chi connectivity index (χ0) is 12.5. The molecule has 0 saturated carbocycles. The van der Waals surface area contributed by atoms with Gasteiger partial charge in [0.2, 0.25) is 0 Å². The number of rotatable bonds is 2. The first-order valence-corrected chi connectivity index (χ1v) is 6.04. The number of hydrogen-bond donors (Lipinski definition) is 1. The number of imidazole rings is 1. The molecule has 3 rings (SSSR count). The van der Waals surface area contributed by atoms with Crippen molar-refractivity contribution in [1.82, 2.24) is 9.38 Å². The molecule has 2 aromatic rings. The lowest BCUT2D eigenvalue weighted by Gasteiger charge is -2.21. The van der Waals surface area contributed by atoms with Crippen LogP contribution in [0.1, 0.15) is 34.9 Å². The Morgan fingerprint density at radius 3 is 3.17 bits per heavy atom. The number of carbonyl (C=O) groups is 1. The van der Waals surface area contributed by atoms with Gasteiger partial charge in [-0.3, -0.25) is 0 Å². The summed E-state index contributed by atoms with van der Waals surface area (Å²) in [5.74, 6) is 0.227. The highest BCUT2D eigenvalue weighted by atomic mass is 16.5. The largest absolute Gasteiger partial charge is 0.478 e. The first-order valence-electron chi connectivity index (χ1n) is 6.04. The van der Waals surface area contributed by atoms with Gasteiger partial charge in [-0.1, -0.05) is 0 Å². The molecule has 0 radical (unpaired) electrons. The molecule has 1 unspecified atom stereocenters. The topological polar surface area (TPSA) is 63.8 Å². The Labute approximate surface area is 104 Å². The lowest BCUT2D eigenvalue weighted by atomic mass is 10.0. The van der Waals surface area contributed by atoms with Crippen LogP contribution in [0.4, 0.5) is 0 Å². The quantitative estimate of drug-likeness (QED) is 0.879. The summed E-state index contributed by atoms with van der Waals surface area (Å²) >= 11 is 0. The van der Waals surface area contributed by atoms with E-state index in [2.05, 4.69) is 4.98 Å². The maximum absolute atomic E-state index is 11.1. The molecule has 3 heterocycles. The Morgan fingerprint density at radius 2 is 2.44 bits per heavy atom. The van der Waals surface area contributed by atoms with Crippen molar-refractivity contribution >= 4 is 11.5 Å². The Bertz CT molecular complexity index is 585. The molecule has 5 nitrogen and oxygen atoms in total. The third-order valence-electron chi connectivity index (χ3n) is 3.36. The number of aromatic carboxylic acids is 1. The first kappa shape index (κ1) is 11.2. The molecule has 1 aliphatic heterocycles. The zero-order valence-corrected chi connectivity index (χ0v) is 9.87. The van der Waals surface area contributed by atoms with Crippen LogP contribution < -0.4 is 0 Å². The molecule has 0 amide bonds. The van der Waals surface area contributed by atoms with E-state index in [1.54, 1.807) is 18.3 Å². The van der Waals surface area contributed by atoms with E-state index in [0.29, 0.717) is 12.1 Å². The van der Waals surface area contributed by atoms with Crippen molar-refractivity contribution in [2.45, 2.75) is 18.8 Å². The summed E-state index contributed by atoms with van der Waals surface area (Å²) in [5, 5.41) is 9.14. The zero-order valence-electron chi connectivity index (χ0n) is 9.87. The van der Waals surface area contributed by atoms with Crippen molar-refractivity contribution in [2.24, 2.45) is 0 Å². The van der Waals surface area contributed by atoms with Gasteiger partial charge in [-0.05, 0) is 25.0 Å². The van der Waals surface area contributed by atoms with Crippen LogP contribution in [0, 0.1) is 0 Å². The number of pyridine rings is 1. The van der Waals surface area contributed by atoms with E-state index in [9.17, 15) is 4.79 Å². The van der Waals surface area contributed by atoms with E-state index in [1.807, 2.05) is 10.6 Å². The van der Waals surface area contributed by atoms with Crippen molar-refractivity contribution < 1.29 is 14.6 Å². The molecule has 2 aromatic heterocycles. The summed E-state index contributed by atoms with van der Waals surface area (Å²) in [4.78, 5) is 15.5. The third-order valence-corrected chi connectivity index (χ3v) is 3.36. The van der Waals surface area contributed by atoms with Crippen LogP contribution in [0.25, 0.3) is 5.52 Å². The van der Waals surface area contributed by atoms with Gasteiger partial charge in [0.15, 0.2) is 0 Å². The van der Waals surface area contributed by atoms with Gasteiger partial charge in [0.1, 0.15) is 5.82 Å². The summed E-state index contributed by atoms with van der Waals surface area (Å²) < 4.78 is 7.33. The second kappa shape index (κ2) is 4.42. The Kier molecular flexibility index (Phi) is 2.76. The number of carboxylic acid groups (broad SMARTS) is 1. The minimum atomic E-state index is -0.924. The van der Waals surface area contributed by atoms with Crippen LogP contribution in [-0.4, -0.2) is 33.7 Å². The maximum Gasteiger partial charge on any atom is 0.337 e. The van der Waals surface area contributed by atoms with Crippen LogP contribution in [-0.2, 0) is 4.74 Å². The Hall–Kier alpha value is -1.88. The van der Waals surface area contributed by atoms with Crippen molar-refractivity contribution in [3.8, 4) is 0 Å². The maximum atomic E-state index is 11.1. The summed E-state index contributed by atoms with van der Waals surface area (Å²) in [6, 6.07) is 3.34. The molecule has 0 bridgehead atoms. The van der Waals surface area contributed by atoms with Gasteiger partial charge in [-0.15, -0.1) is 0 Å². The normalized spacial score (nSPS) is 20.1. The van der Waals surface area contributed by atoms with E-state index in [1.165, 1.54) is 0 Å². The Balaban J connectivity index is 2.08. The predicted octanol–water partition coefficient (Wildman–Crippen LogP) is 1.93. The van der Waals surface area contributed by atoms with Gasteiger partial charge >= 0.3 is 5.97 Å². The second-order valence-corrected chi connectivity index (χ2v) is 4.51. The van der Waals surface area contributed by atoms with Crippen LogP contribution in [0.5, 0.6) is 0 Å². The number of ether oxygens (including phenoxy) is 1. The van der Waals surface area contributed by atoms with Gasteiger partial charge in [-0.2, -0.15) is 0 Å². The lowest BCUT2D eigenvalue weighted by molar-refractivity contribution is 0.0698. The van der Waals surface area contributed by atoms with Crippen LogP contribution in [0.2, 0.25) is 0 Å². The fraction of sp³-hybridized carbons (Fsp3) is 0.385. The monoisotopic (exact) mass is 246 g/mol. The molecule has 1 fully saturated rings. The summed E-state index contributed by atoms with van der Waals surface area (Å²) in [7, 11) is 0. The molecule has 94 valence electrons. The third kappa shape index (κ3) is 1.76. The van der Waals surface area contributed by atoms with Crippen molar-refractivity contribution in [3.05, 3.63) is 35.9 Å². The van der Waals surface area contributed by atoms with Gasteiger partial charge in [-0.25, -0.2) is 9.78 Å². The highest BCUT2D eigenvalue weighted by Gasteiger charge is 2.21. The average molecular weight is 246 g/mol. The number of fused-ring (bicyclic) bond motifs is 1. The average Bonchev–Trinajstić information content (AvgIpc) is 2.83. The fourth-order valence-electron chi connectivity index (χ4n) is 2.47. The number of aromatic nitrogens is 2. The molecular weight excluding hydrogens is 232 g/mol. The Morgan fingerprint density at radius 1 is 1.56 bits per heavy atom. The smallest absolute Gasteiger partial charge is 0.337 e. The van der Waals surface area contributed by atoms with E-state index in [-0.39, 0.29) is 11.5 Å². The number of hydrogen-bond acceptors (Lipinski definition) is 3. The van der Waals surface area contributed by atoms with Crippen LogP contribution in [0.3, 0.4) is 0 Å². The molecule has 0 aromatic carbocycles. The molecule has 1 saturated heterocycles. The lowest BCUT2D eigenvalue weighted by Crippen LogP contribution is -2.18. The molecule has 0 spiro atoms. The summed E-state index contributed by atoms with van der Waals surface area (Å²) in [6.45, 7) is 1.47. The van der Waals surface area contributed by atoms with E-state index in [0.717, 1.165) is 25.3 Å². The first-order chi connectivity index (χ1) is 8.77. The standard InChI is InChI=1S/C13H14N2O3/c16-13(17)10-4-1-5-15-11(10)7-14-12(15)9-3-2-6-18-8-9/h1,4-5,7,9H,2-3,6,8H2,(H,16,17). The van der Waals surface area contributed by atoms with Gasteiger partial charge in [0.25, 0.3) is 0 Å². The molecular formula is C13H14N2O3. The van der Waals surface area contributed by atoms with Crippen molar-refractivity contribution in [3.63, 3.8) is 0 Å². The molecule has 18 heavy (non-hydrogen) atoms. The van der Waals surface area contributed by atoms with Gasteiger partial charge in [0, 0.05) is 18.7 Å². The summed E-state index contributed by atoms with van der Waals surface area (Å²) in [5.41, 5.74) is 0.929. The molecule has 0 aliphatic carbocycles.